The molecule has 5 heteroatoms. The van der Waals surface area contributed by atoms with E-state index in [-0.39, 0.29) is 24.8 Å². The molecule has 2 bridgehead atoms. The molecule has 2 fully saturated rings. The van der Waals surface area contributed by atoms with Crippen molar-refractivity contribution in [3.63, 3.8) is 0 Å². The largest absolute Gasteiger partial charge is 0.489 e. The van der Waals surface area contributed by atoms with Crippen LogP contribution in [0.15, 0.2) is 84.9 Å². The Kier molecular flexibility index (Phi) is 6.54. The molecular formula is C29H31NO4. The summed E-state index contributed by atoms with van der Waals surface area (Å²) in [6, 6.07) is 27.5. The van der Waals surface area contributed by atoms with Gasteiger partial charge in [0.05, 0.1) is 5.60 Å². The molecule has 2 saturated heterocycles. The Labute approximate surface area is 200 Å². The molecule has 3 aromatic rings. The number of hydrogen-bond acceptors (Lipinski definition) is 4. The summed E-state index contributed by atoms with van der Waals surface area (Å²) < 4.78 is 11.7. The normalized spacial score (nSPS) is 23.9. The zero-order chi connectivity index (χ0) is 23.4. The molecule has 2 atom stereocenters. The van der Waals surface area contributed by atoms with Crippen LogP contribution in [0.2, 0.25) is 0 Å². The van der Waals surface area contributed by atoms with Crippen LogP contribution in [0.4, 0.5) is 4.79 Å². The van der Waals surface area contributed by atoms with E-state index in [1.807, 2.05) is 89.8 Å². The zero-order valence-electron chi connectivity index (χ0n) is 19.3. The third kappa shape index (κ3) is 4.95. The fourth-order valence-electron chi connectivity index (χ4n) is 5.37. The highest BCUT2D eigenvalue weighted by atomic mass is 16.6. The van der Waals surface area contributed by atoms with Crippen LogP contribution >= 0.6 is 0 Å². The van der Waals surface area contributed by atoms with Crippen molar-refractivity contribution in [1.82, 2.24) is 4.90 Å². The van der Waals surface area contributed by atoms with E-state index < -0.39 is 5.60 Å². The van der Waals surface area contributed by atoms with Gasteiger partial charge in [-0.25, -0.2) is 4.79 Å². The molecule has 2 unspecified atom stereocenters. The van der Waals surface area contributed by atoms with Crippen molar-refractivity contribution < 1.29 is 19.4 Å². The lowest BCUT2D eigenvalue weighted by molar-refractivity contribution is -0.0897. The van der Waals surface area contributed by atoms with E-state index in [1.165, 1.54) is 0 Å². The Morgan fingerprint density at radius 3 is 2.12 bits per heavy atom. The Morgan fingerprint density at radius 2 is 1.47 bits per heavy atom. The van der Waals surface area contributed by atoms with Crippen molar-refractivity contribution in [2.75, 3.05) is 0 Å². The molecule has 0 aliphatic carbocycles. The van der Waals surface area contributed by atoms with Gasteiger partial charge in [-0.2, -0.15) is 0 Å². The molecule has 3 aromatic carbocycles. The van der Waals surface area contributed by atoms with E-state index in [0.717, 1.165) is 41.7 Å². The third-order valence-corrected chi connectivity index (χ3v) is 7.04. The second-order valence-electron chi connectivity index (χ2n) is 9.43. The summed E-state index contributed by atoms with van der Waals surface area (Å²) in [7, 11) is 0. The highest BCUT2D eigenvalue weighted by molar-refractivity contribution is 5.69. The SMILES string of the molecule is O=C(OCc1ccccc1)N1C2CCCC1CC(O)(c1cccc(OCc3ccccc3)c1)C2. The van der Waals surface area contributed by atoms with Gasteiger partial charge >= 0.3 is 6.09 Å². The molecule has 5 rings (SSSR count). The summed E-state index contributed by atoms with van der Waals surface area (Å²) in [5.41, 5.74) is 1.94. The Hall–Kier alpha value is -3.31. The van der Waals surface area contributed by atoms with E-state index in [0.29, 0.717) is 19.4 Å². The minimum absolute atomic E-state index is 0.0327. The van der Waals surface area contributed by atoms with Crippen LogP contribution < -0.4 is 4.74 Å². The Balaban J connectivity index is 1.27. The van der Waals surface area contributed by atoms with Crippen molar-refractivity contribution in [1.29, 1.82) is 0 Å². The summed E-state index contributed by atoms with van der Waals surface area (Å²) in [4.78, 5) is 14.9. The van der Waals surface area contributed by atoms with Crippen LogP contribution in [0.1, 0.15) is 48.8 Å². The molecule has 2 aliphatic rings. The van der Waals surface area contributed by atoms with Crippen molar-refractivity contribution >= 4 is 6.09 Å². The molecule has 5 nitrogen and oxygen atoms in total. The number of aliphatic hydroxyl groups is 1. The van der Waals surface area contributed by atoms with Gasteiger partial charge in [-0.15, -0.1) is 0 Å². The number of hydrogen-bond donors (Lipinski definition) is 1. The first-order valence-electron chi connectivity index (χ1n) is 12.1. The van der Waals surface area contributed by atoms with Gasteiger partial charge in [0.2, 0.25) is 0 Å². The number of nitrogens with zero attached hydrogens (tertiary/aromatic N) is 1. The molecule has 0 saturated carbocycles. The van der Waals surface area contributed by atoms with E-state index in [2.05, 4.69) is 0 Å². The van der Waals surface area contributed by atoms with E-state index in [4.69, 9.17) is 9.47 Å². The topological polar surface area (TPSA) is 59.0 Å². The van der Waals surface area contributed by atoms with Crippen LogP contribution in [0.5, 0.6) is 5.75 Å². The van der Waals surface area contributed by atoms with Crippen LogP contribution in [0.3, 0.4) is 0 Å². The zero-order valence-corrected chi connectivity index (χ0v) is 19.3. The first kappa shape index (κ1) is 22.5. The number of benzene rings is 3. The highest BCUT2D eigenvalue weighted by Gasteiger charge is 2.48. The maximum absolute atomic E-state index is 13.0. The number of carbonyl (C=O) groups is 1. The van der Waals surface area contributed by atoms with Gasteiger partial charge in [0, 0.05) is 24.9 Å². The molecule has 2 aliphatic heterocycles. The average molecular weight is 458 g/mol. The van der Waals surface area contributed by atoms with Gasteiger partial charge in [0.15, 0.2) is 0 Å². The molecular weight excluding hydrogens is 426 g/mol. The molecule has 176 valence electrons. The smallest absolute Gasteiger partial charge is 0.410 e. The molecule has 0 spiro atoms. The average Bonchev–Trinajstić information content (AvgIpc) is 2.87. The van der Waals surface area contributed by atoms with Gasteiger partial charge in [0.25, 0.3) is 0 Å². The molecule has 1 amide bonds. The van der Waals surface area contributed by atoms with Gasteiger partial charge in [0.1, 0.15) is 19.0 Å². The second kappa shape index (κ2) is 9.90. The quantitative estimate of drug-likeness (QED) is 0.508. The maximum atomic E-state index is 13.0. The van der Waals surface area contributed by atoms with Crippen LogP contribution in [-0.2, 0) is 23.6 Å². The lowest BCUT2D eigenvalue weighted by Gasteiger charge is -2.51. The van der Waals surface area contributed by atoms with Crippen molar-refractivity contribution in [2.24, 2.45) is 0 Å². The summed E-state index contributed by atoms with van der Waals surface area (Å²) in [5.74, 6) is 0.740. The molecule has 0 radical (unpaired) electrons. The first-order chi connectivity index (χ1) is 16.6. The van der Waals surface area contributed by atoms with Gasteiger partial charge in [-0.05, 0) is 48.1 Å². The molecule has 2 heterocycles. The number of amides is 1. The van der Waals surface area contributed by atoms with Gasteiger partial charge in [-0.3, -0.25) is 0 Å². The summed E-state index contributed by atoms with van der Waals surface area (Å²) in [5, 5.41) is 11.7. The monoisotopic (exact) mass is 457 g/mol. The second-order valence-corrected chi connectivity index (χ2v) is 9.43. The number of ether oxygens (including phenoxy) is 2. The lowest BCUT2D eigenvalue weighted by Crippen LogP contribution is -2.58. The Morgan fingerprint density at radius 1 is 0.853 bits per heavy atom. The van der Waals surface area contributed by atoms with Crippen LogP contribution in [0, 0.1) is 0 Å². The summed E-state index contributed by atoms with van der Waals surface area (Å²) in [6.07, 6.45) is 3.56. The number of piperidine rings is 2. The van der Waals surface area contributed by atoms with Gasteiger partial charge < -0.3 is 19.5 Å². The highest BCUT2D eigenvalue weighted by Crippen LogP contribution is 2.45. The lowest BCUT2D eigenvalue weighted by atomic mass is 9.72. The number of carbonyl (C=O) groups excluding carboxylic acids is 1. The van der Waals surface area contributed by atoms with Crippen LogP contribution in [0.25, 0.3) is 0 Å². The van der Waals surface area contributed by atoms with Crippen molar-refractivity contribution in [3.05, 3.63) is 102 Å². The predicted octanol–water partition coefficient (Wildman–Crippen LogP) is 5.81. The summed E-state index contributed by atoms with van der Waals surface area (Å²) in [6.45, 7) is 0.746. The first-order valence-corrected chi connectivity index (χ1v) is 12.1. The van der Waals surface area contributed by atoms with E-state index >= 15 is 0 Å². The standard InChI is InChI=1S/C29H31NO4/c31-28(34-21-23-11-5-2-6-12-23)30-25-14-8-15-26(30)19-29(32,18-25)24-13-7-16-27(17-24)33-20-22-9-3-1-4-10-22/h1-7,9-13,16-17,25-26,32H,8,14-15,18-21H2. The number of rotatable bonds is 6. The minimum Gasteiger partial charge on any atom is -0.489 e. The fourth-order valence-corrected chi connectivity index (χ4v) is 5.37. The molecule has 0 aromatic heterocycles. The predicted molar refractivity (Wildman–Crippen MR) is 130 cm³/mol. The van der Waals surface area contributed by atoms with Crippen molar-refractivity contribution in [3.8, 4) is 5.75 Å². The van der Waals surface area contributed by atoms with Crippen LogP contribution in [-0.4, -0.2) is 28.2 Å². The Bertz CT molecular complexity index is 1090. The van der Waals surface area contributed by atoms with E-state index in [9.17, 15) is 9.90 Å². The van der Waals surface area contributed by atoms with Crippen molar-refractivity contribution in [2.45, 2.75) is 63.0 Å². The number of fused-ring (bicyclic) bond motifs is 2. The third-order valence-electron chi connectivity index (χ3n) is 7.04. The fraction of sp³-hybridized carbons (Fsp3) is 0.345. The minimum atomic E-state index is -0.988. The molecule has 1 N–H and O–H groups in total. The molecule has 34 heavy (non-hydrogen) atoms. The van der Waals surface area contributed by atoms with Gasteiger partial charge in [-0.1, -0.05) is 72.8 Å². The van der Waals surface area contributed by atoms with E-state index in [1.54, 1.807) is 0 Å². The maximum Gasteiger partial charge on any atom is 0.410 e. The summed E-state index contributed by atoms with van der Waals surface area (Å²) >= 11 is 0.